The Morgan fingerprint density at radius 2 is 1.88 bits per heavy atom. The second-order valence-corrected chi connectivity index (χ2v) is 5.73. The van der Waals surface area contributed by atoms with Gasteiger partial charge in [-0.15, -0.1) is 6.58 Å². The molecule has 0 radical (unpaired) electrons. The normalized spacial score (nSPS) is 13.0. The van der Waals surface area contributed by atoms with Gasteiger partial charge in [0.1, 0.15) is 6.54 Å². The van der Waals surface area contributed by atoms with E-state index >= 15 is 0 Å². The van der Waals surface area contributed by atoms with Gasteiger partial charge in [0.2, 0.25) is 11.8 Å². The van der Waals surface area contributed by atoms with Crippen LogP contribution in [0.5, 0.6) is 11.5 Å². The molecule has 24 heavy (non-hydrogen) atoms. The first-order chi connectivity index (χ1) is 11.5. The SMILES string of the molecule is C=CCN(CC(=O)N1CCc2cc(OC)c(OC)cc2C1)C(C)=O. The number of rotatable bonds is 6. The van der Waals surface area contributed by atoms with Gasteiger partial charge in [0, 0.05) is 26.6 Å². The predicted molar refractivity (Wildman–Crippen MR) is 91.1 cm³/mol. The molecule has 0 fully saturated rings. The van der Waals surface area contributed by atoms with Crippen molar-refractivity contribution >= 4 is 11.8 Å². The number of hydrogen-bond acceptors (Lipinski definition) is 4. The Morgan fingerprint density at radius 1 is 1.25 bits per heavy atom. The van der Waals surface area contributed by atoms with Gasteiger partial charge in [-0.1, -0.05) is 6.08 Å². The lowest BCUT2D eigenvalue weighted by molar-refractivity contribution is -0.139. The summed E-state index contributed by atoms with van der Waals surface area (Å²) in [6.07, 6.45) is 2.38. The lowest BCUT2D eigenvalue weighted by atomic mass is 9.98. The van der Waals surface area contributed by atoms with Gasteiger partial charge in [-0.3, -0.25) is 9.59 Å². The minimum absolute atomic E-state index is 0.0625. The van der Waals surface area contributed by atoms with Crippen LogP contribution in [0.1, 0.15) is 18.1 Å². The summed E-state index contributed by atoms with van der Waals surface area (Å²) in [4.78, 5) is 27.4. The standard InChI is InChI=1S/C18H24N2O4/c1-5-7-19(13(2)21)12-18(22)20-8-6-14-9-16(23-3)17(24-4)10-15(14)11-20/h5,9-10H,1,6-8,11-12H2,2-4H3. The molecule has 2 amide bonds. The fourth-order valence-electron chi connectivity index (χ4n) is 2.82. The van der Waals surface area contributed by atoms with Crippen LogP contribution in [-0.4, -0.2) is 55.5 Å². The number of methoxy groups -OCH3 is 2. The summed E-state index contributed by atoms with van der Waals surface area (Å²) in [6, 6.07) is 3.88. The molecule has 0 aliphatic carbocycles. The van der Waals surface area contributed by atoms with Crippen molar-refractivity contribution in [3.05, 3.63) is 35.9 Å². The van der Waals surface area contributed by atoms with E-state index in [4.69, 9.17) is 9.47 Å². The molecule has 0 bridgehead atoms. The maximum atomic E-state index is 12.5. The summed E-state index contributed by atoms with van der Waals surface area (Å²) in [5, 5.41) is 0. The van der Waals surface area contributed by atoms with Crippen molar-refractivity contribution in [2.75, 3.05) is 33.9 Å². The Morgan fingerprint density at radius 3 is 2.42 bits per heavy atom. The van der Waals surface area contributed by atoms with Gasteiger partial charge in [-0.25, -0.2) is 0 Å². The quantitative estimate of drug-likeness (QED) is 0.743. The lowest BCUT2D eigenvalue weighted by Gasteiger charge is -2.31. The zero-order valence-electron chi connectivity index (χ0n) is 14.5. The summed E-state index contributed by atoms with van der Waals surface area (Å²) in [5.41, 5.74) is 2.21. The topological polar surface area (TPSA) is 59.1 Å². The molecule has 0 saturated carbocycles. The van der Waals surface area contributed by atoms with Crippen LogP contribution in [0.25, 0.3) is 0 Å². The molecule has 0 aromatic heterocycles. The first kappa shape index (κ1) is 17.8. The molecule has 1 aromatic rings. The van der Waals surface area contributed by atoms with Crippen molar-refractivity contribution in [1.82, 2.24) is 9.80 Å². The summed E-state index contributed by atoms with van der Waals surface area (Å²) < 4.78 is 10.7. The van der Waals surface area contributed by atoms with Crippen LogP contribution in [0.2, 0.25) is 0 Å². The summed E-state index contributed by atoms with van der Waals surface area (Å²) >= 11 is 0. The molecule has 0 saturated heterocycles. The number of carbonyl (C=O) groups is 2. The molecule has 1 heterocycles. The van der Waals surface area contributed by atoms with E-state index in [9.17, 15) is 9.59 Å². The Hall–Kier alpha value is -2.50. The maximum absolute atomic E-state index is 12.5. The van der Waals surface area contributed by atoms with Gasteiger partial charge in [-0.05, 0) is 29.7 Å². The maximum Gasteiger partial charge on any atom is 0.242 e. The van der Waals surface area contributed by atoms with Crippen LogP contribution in [0.4, 0.5) is 0 Å². The molecular formula is C18H24N2O4. The van der Waals surface area contributed by atoms with Crippen molar-refractivity contribution in [2.45, 2.75) is 19.9 Å². The summed E-state index contributed by atoms with van der Waals surface area (Å²) in [6.45, 7) is 6.66. The monoisotopic (exact) mass is 332 g/mol. The van der Waals surface area contributed by atoms with Crippen LogP contribution in [0.15, 0.2) is 24.8 Å². The molecule has 0 atom stereocenters. The molecule has 0 spiro atoms. The molecule has 130 valence electrons. The molecule has 0 N–H and O–H groups in total. The average molecular weight is 332 g/mol. The minimum Gasteiger partial charge on any atom is -0.493 e. The van der Waals surface area contributed by atoms with Crippen molar-refractivity contribution in [3.8, 4) is 11.5 Å². The highest BCUT2D eigenvalue weighted by molar-refractivity contribution is 5.84. The number of benzene rings is 1. The highest BCUT2D eigenvalue weighted by Crippen LogP contribution is 2.33. The fraction of sp³-hybridized carbons (Fsp3) is 0.444. The van der Waals surface area contributed by atoms with E-state index in [1.165, 1.54) is 11.8 Å². The number of carbonyl (C=O) groups excluding carboxylic acids is 2. The summed E-state index contributed by atoms with van der Waals surface area (Å²) in [5.74, 6) is 1.16. The Balaban J connectivity index is 2.12. The predicted octanol–water partition coefficient (Wildman–Crippen LogP) is 1.62. The molecule has 6 nitrogen and oxygen atoms in total. The number of nitrogens with zero attached hydrogens (tertiary/aromatic N) is 2. The Labute approximate surface area is 142 Å². The van der Waals surface area contributed by atoms with E-state index in [1.54, 1.807) is 25.2 Å². The van der Waals surface area contributed by atoms with Crippen molar-refractivity contribution < 1.29 is 19.1 Å². The number of fused-ring (bicyclic) bond motifs is 1. The molecule has 2 rings (SSSR count). The van der Waals surface area contributed by atoms with Gasteiger partial charge in [0.25, 0.3) is 0 Å². The summed E-state index contributed by atoms with van der Waals surface area (Å²) in [7, 11) is 3.20. The molecule has 0 unspecified atom stereocenters. The van der Waals surface area contributed by atoms with Gasteiger partial charge >= 0.3 is 0 Å². The second-order valence-electron chi connectivity index (χ2n) is 5.73. The molecule has 6 heteroatoms. The van der Waals surface area contributed by atoms with E-state index < -0.39 is 0 Å². The fourth-order valence-corrected chi connectivity index (χ4v) is 2.82. The van der Waals surface area contributed by atoms with Crippen LogP contribution in [0.3, 0.4) is 0 Å². The van der Waals surface area contributed by atoms with E-state index in [2.05, 4.69) is 6.58 Å². The second kappa shape index (κ2) is 7.86. The van der Waals surface area contributed by atoms with Crippen molar-refractivity contribution in [3.63, 3.8) is 0 Å². The zero-order chi connectivity index (χ0) is 17.7. The number of hydrogen-bond donors (Lipinski definition) is 0. The number of amides is 2. The zero-order valence-corrected chi connectivity index (χ0v) is 14.5. The van der Waals surface area contributed by atoms with Gasteiger partial charge in [-0.2, -0.15) is 0 Å². The Kier molecular flexibility index (Phi) is 5.84. The van der Waals surface area contributed by atoms with Crippen LogP contribution in [0, 0.1) is 0 Å². The van der Waals surface area contributed by atoms with Crippen molar-refractivity contribution in [2.24, 2.45) is 0 Å². The van der Waals surface area contributed by atoms with E-state index in [-0.39, 0.29) is 18.4 Å². The van der Waals surface area contributed by atoms with Gasteiger partial charge in [0.15, 0.2) is 11.5 Å². The minimum atomic E-state index is -0.132. The van der Waals surface area contributed by atoms with Gasteiger partial charge in [0.05, 0.1) is 14.2 Å². The number of ether oxygens (including phenoxy) is 2. The third kappa shape index (κ3) is 3.88. The third-order valence-electron chi connectivity index (χ3n) is 4.19. The highest BCUT2D eigenvalue weighted by Gasteiger charge is 2.24. The first-order valence-corrected chi connectivity index (χ1v) is 7.88. The van der Waals surface area contributed by atoms with Crippen LogP contribution >= 0.6 is 0 Å². The molecular weight excluding hydrogens is 308 g/mol. The molecule has 1 aromatic carbocycles. The Bertz CT molecular complexity index is 642. The average Bonchev–Trinajstić information content (AvgIpc) is 2.59. The molecule has 1 aliphatic rings. The highest BCUT2D eigenvalue weighted by atomic mass is 16.5. The van der Waals surface area contributed by atoms with Crippen LogP contribution < -0.4 is 9.47 Å². The lowest BCUT2D eigenvalue weighted by Crippen LogP contribution is -2.44. The van der Waals surface area contributed by atoms with E-state index in [0.29, 0.717) is 31.1 Å². The third-order valence-corrected chi connectivity index (χ3v) is 4.19. The van der Waals surface area contributed by atoms with E-state index in [1.807, 2.05) is 12.1 Å². The van der Waals surface area contributed by atoms with Gasteiger partial charge < -0.3 is 19.3 Å². The van der Waals surface area contributed by atoms with E-state index in [0.717, 1.165) is 17.5 Å². The van der Waals surface area contributed by atoms with Crippen molar-refractivity contribution in [1.29, 1.82) is 0 Å². The van der Waals surface area contributed by atoms with Crippen LogP contribution in [-0.2, 0) is 22.6 Å². The molecule has 1 aliphatic heterocycles. The first-order valence-electron chi connectivity index (χ1n) is 7.88. The smallest absolute Gasteiger partial charge is 0.242 e. The largest absolute Gasteiger partial charge is 0.493 e.